The minimum atomic E-state index is -1.00. The predicted octanol–water partition coefficient (Wildman–Crippen LogP) is 5.09. The number of aromatic nitrogens is 1. The van der Waals surface area contributed by atoms with Gasteiger partial charge in [0.15, 0.2) is 23.1 Å². The third kappa shape index (κ3) is 3.76. The molecule has 39 heavy (non-hydrogen) atoms. The Morgan fingerprint density at radius 1 is 1.23 bits per heavy atom. The summed E-state index contributed by atoms with van der Waals surface area (Å²) in [4.78, 5) is 28.8. The second-order valence-corrected chi connectivity index (χ2v) is 10.9. The lowest BCUT2D eigenvalue weighted by molar-refractivity contribution is 0.0256. The highest BCUT2D eigenvalue weighted by atomic mass is 32.2. The van der Waals surface area contributed by atoms with Crippen LogP contribution in [0.2, 0.25) is 0 Å². The molecule has 3 aliphatic rings. The molecule has 3 heterocycles. The third-order valence-corrected chi connectivity index (χ3v) is 9.10. The minimum Gasteiger partial charge on any atom is -0.502 e. The highest BCUT2D eigenvalue weighted by molar-refractivity contribution is 7.98. The van der Waals surface area contributed by atoms with E-state index in [1.165, 1.54) is 28.7 Å². The monoisotopic (exact) mass is 551 g/mol. The molecule has 10 heteroatoms. The van der Waals surface area contributed by atoms with Crippen LogP contribution in [-0.4, -0.2) is 39.4 Å². The summed E-state index contributed by atoms with van der Waals surface area (Å²) >= 11 is 1.39. The summed E-state index contributed by atoms with van der Waals surface area (Å²) < 4.78 is 37.6. The zero-order valence-electron chi connectivity index (χ0n) is 21.3. The molecule has 0 unspecified atom stereocenters. The van der Waals surface area contributed by atoms with Crippen molar-refractivity contribution in [3.63, 3.8) is 0 Å². The van der Waals surface area contributed by atoms with Gasteiger partial charge in [-0.1, -0.05) is 24.3 Å². The molecule has 2 aromatic carbocycles. The maximum Gasteiger partial charge on any atom is 0.278 e. The van der Waals surface area contributed by atoms with Crippen molar-refractivity contribution in [2.24, 2.45) is 0 Å². The van der Waals surface area contributed by atoms with Crippen LogP contribution in [0.5, 0.6) is 11.5 Å². The molecule has 1 amide bonds. The minimum absolute atomic E-state index is 0.0494. The Labute approximate surface area is 228 Å². The molecule has 1 saturated carbocycles. The number of thioether (sulfide) groups is 1. The second kappa shape index (κ2) is 9.44. The first-order chi connectivity index (χ1) is 18.8. The first kappa shape index (κ1) is 25.5. The smallest absolute Gasteiger partial charge is 0.278 e. The molecule has 1 fully saturated rings. The van der Waals surface area contributed by atoms with Crippen molar-refractivity contribution in [1.29, 1.82) is 0 Å². The average molecular weight is 552 g/mol. The van der Waals surface area contributed by atoms with Gasteiger partial charge in [-0.2, -0.15) is 0 Å². The standard InChI is InChI=1S/C29H27F2N3O4S/c1-3-29(11-7-12-29)32-16-34(33-13-10-20(35)27(36)26(33)28(32)37)25-17-8-5-6-9-22(17)39-15-18-23(25)21(38-4-2)14-19(30)24(18)31/h3,5-6,8-10,13-14,25,36H,1,4,7,11-12,15-16H2,2H3/t25-/m1/s1. The topological polar surface area (TPSA) is 75.0 Å². The van der Waals surface area contributed by atoms with Crippen LogP contribution >= 0.6 is 11.8 Å². The molecule has 7 nitrogen and oxygen atoms in total. The molecule has 1 atom stereocenters. The van der Waals surface area contributed by atoms with E-state index in [4.69, 9.17) is 4.74 Å². The van der Waals surface area contributed by atoms with Gasteiger partial charge in [-0.3, -0.25) is 19.3 Å². The van der Waals surface area contributed by atoms with E-state index in [9.17, 15) is 19.1 Å². The van der Waals surface area contributed by atoms with Crippen molar-refractivity contribution in [2.75, 3.05) is 18.3 Å². The number of pyridine rings is 1. The molecule has 0 radical (unpaired) electrons. The van der Waals surface area contributed by atoms with Crippen molar-refractivity contribution in [3.05, 3.63) is 99.5 Å². The zero-order chi connectivity index (χ0) is 27.5. The average Bonchev–Trinajstić information content (AvgIpc) is 3.07. The number of carbonyl (C=O) groups excluding carboxylic acids is 1. The van der Waals surface area contributed by atoms with Crippen LogP contribution in [0, 0.1) is 11.6 Å². The van der Waals surface area contributed by atoms with Crippen molar-refractivity contribution in [2.45, 2.75) is 48.4 Å². The summed E-state index contributed by atoms with van der Waals surface area (Å²) in [5.41, 5.74) is -0.114. The fraction of sp³-hybridized carbons (Fsp3) is 0.310. The summed E-state index contributed by atoms with van der Waals surface area (Å²) in [5.74, 6) is -2.74. The number of ether oxygens (including phenoxy) is 1. The second-order valence-electron chi connectivity index (χ2n) is 9.92. The zero-order valence-corrected chi connectivity index (χ0v) is 22.1. The highest BCUT2D eigenvalue weighted by Gasteiger charge is 2.49. The molecule has 1 N–H and O–H groups in total. The van der Waals surface area contributed by atoms with Crippen LogP contribution in [-0.2, 0) is 5.75 Å². The Hall–Kier alpha value is -3.79. The molecular formula is C29H27F2N3O4S. The maximum atomic E-state index is 15.5. The van der Waals surface area contributed by atoms with E-state index in [2.05, 4.69) is 6.58 Å². The van der Waals surface area contributed by atoms with Crippen LogP contribution in [0.4, 0.5) is 8.78 Å². The highest BCUT2D eigenvalue weighted by Crippen LogP contribution is 2.49. The van der Waals surface area contributed by atoms with Gasteiger partial charge in [0.05, 0.1) is 12.1 Å². The summed E-state index contributed by atoms with van der Waals surface area (Å²) in [5, 5.41) is 12.7. The third-order valence-electron chi connectivity index (χ3n) is 7.98. The number of amides is 1. The molecule has 3 aromatic rings. The molecule has 202 valence electrons. The van der Waals surface area contributed by atoms with E-state index >= 15 is 4.39 Å². The summed E-state index contributed by atoms with van der Waals surface area (Å²) in [6, 6.07) is 9.08. The van der Waals surface area contributed by atoms with Crippen LogP contribution < -0.4 is 15.2 Å². The summed E-state index contributed by atoms with van der Waals surface area (Å²) in [6.07, 6.45) is 5.45. The largest absolute Gasteiger partial charge is 0.502 e. The fourth-order valence-corrected chi connectivity index (χ4v) is 6.95. The van der Waals surface area contributed by atoms with Gasteiger partial charge in [-0.05, 0) is 37.8 Å². The molecular weight excluding hydrogens is 524 g/mol. The van der Waals surface area contributed by atoms with Gasteiger partial charge in [0.2, 0.25) is 5.43 Å². The molecule has 0 bridgehead atoms. The van der Waals surface area contributed by atoms with Gasteiger partial charge in [-0.15, -0.1) is 18.3 Å². The van der Waals surface area contributed by atoms with E-state index in [1.54, 1.807) is 17.9 Å². The van der Waals surface area contributed by atoms with Gasteiger partial charge >= 0.3 is 0 Å². The van der Waals surface area contributed by atoms with Crippen LogP contribution in [0.1, 0.15) is 59.4 Å². The number of hydrogen-bond acceptors (Lipinski definition) is 6. The Kier molecular flexibility index (Phi) is 6.17. The van der Waals surface area contributed by atoms with Crippen LogP contribution in [0.15, 0.2) is 64.9 Å². The van der Waals surface area contributed by atoms with E-state index in [0.717, 1.165) is 22.9 Å². The number of hydrogen-bond donors (Lipinski definition) is 1. The van der Waals surface area contributed by atoms with Gasteiger partial charge < -0.3 is 14.7 Å². The molecule has 2 aliphatic heterocycles. The number of halogens is 2. The lowest BCUT2D eigenvalue weighted by Gasteiger charge is -2.54. The first-order valence-corrected chi connectivity index (χ1v) is 13.8. The fourth-order valence-electron chi connectivity index (χ4n) is 5.84. The number of nitrogens with zero attached hydrogens (tertiary/aromatic N) is 3. The molecule has 1 aromatic heterocycles. The number of fused-ring (bicyclic) bond motifs is 3. The SMILES string of the molecule is C=CC1(N2CN([C@@H]3c4ccccc4SCc4c(F)c(F)cc(OCC)c43)n3ccc(=O)c(O)c3C2=O)CCC1. The number of carbonyl (C=O) groups is 1. The van der Waals surface area contributed by atoms with Crippen molar-refractivity contribution in [3.8, 4) is 11.5 Å². The predicted molar refractivity (Wildman–Crippen MR) is 144 cm³/mol. The van der Waals surface area contributed by atoms with Crippen molar-refractivity contribution >= 4 is 17.7 Å². The van der Waals surface area contributed by atoms with Gasteiger partial charge in [0, 0.05) is 40.1 Å². The maximum absolute atomic E-state index is 15.5. The van der Waals surface area contributed by atoms with Crippen molar-refractivity contribution in [1.82, 2.24) is 9.58 Å². The Morgan fingerprint density at radius 2 is 2.00 bits per heavy atom. The quantitative estimate of drug-likeness (QED) is 0.446. The first-order valence-electron chi connectivity index (χ1n) is 12.8. The Balaban J connectivity index is 1.67. The van der Waals surface area contributed by atoms with Crippen molar-refractivity contribution < 1.29 is 23.4 Å². The van der Waals surface area contributed by atoms with Crippen LogP contribution in [0.25, 0.3) is 0 Å². The number of rotatable bonds is 5. The lowest BCUT2D eigenvalue weighted by atomic mass is 9.75. The van der Waals surface area contributed by atoms with E-state index in [-0.39, 0.29) is 36.0 Å². The normalized spacial score (nSPS) is 19.4. The lowest BCUT2D eigenvalue weighted by Crippen LogP contribution is -2.64. The van der Waals surface area contributed by atoms with Gasteiger partial charge in [-0.25, -0.2) is 8.78 Å². The van der Waals surface area contributed by atoms with E-state index in [0.29, 0.717) is 18.4 Å². The molecule has 0 saturated heterocycles. The number of benzene rings is 2. The summed E-state index contributed by atoms with van der Waals surface area (Å²) in [7, 11) is 0. The van der Waals surface area contributed by atoms with Gasteiger partial charge in [0.25, 0.3) is 5.91 Å². The van der Waals surface area contributed by atoms with Crippen LogP contribution in [0.3, 0.4) is 0 Å². The number of aromatic hydroxyl groups is 1. The Morgan fingerprint density at radius 3 is 2.69 bits per heavy atom. The Bertz CT molecular complexity index is 1570. The van der Waals surface area contributed by atoms with E-state index in [1.807, 2.05) is 29.3 Å². The van der Waals surface area contributed by atoms with E-state index < -0.39 is 40.3 Å². The summed E-state index contributed by atoms with van der Waals surface area (Å²) in [6.45, 7) is 6.04. The molecule has 1 aliphatic carbocycles. The molecule has 0 spiro atoms. The molecule has 6 rings (SSSR count). The van der Waals surface area contributed by atoms with Gasteiger partial charge in [0.1, 0.15) is 18.5 Å².